The average Bonchev–Trinajstić information content (AvgIpc) is 2.56. The van der Waals surface area contributed by atoms with Gasteiger partial charge in [0, 0.05) is 0 Å². The lowest BCUT2D eigenvalue weighted by Gasteiger charge is -2.38. The zero-order valence-electron chi connectivity index (χ0n) is 12.3. The Morgan fingerprint density at radius 1 is 1.11 bits per heavy atom. The molecule has 0 radical (unpaired) electrons. The highest BCUT2D eigenvalue weighted by atomic mass is 16.5. The lowest BCUT2D eigenvalue weighted by atomic mass is 9.67. The van der Waals surface area contributed by atoms with Crippen LogP contribution in [0.5, 0.6) is 5.75 Å². The molecule has 1 saturated carbocycles. The van der Waals surface area contributed by atoms with Crippen molar-refractivity contribution in [3.8, 4) is 5.75 Å². The van der Waals surface area contributed by atoms with Crippen LogP contribution < -0.4 is 4.74 Å². The molecule has 0 heterocycles. The smallest absolute Gasteiger partial charge is 0.122 e. The van der Waals surface area contributed by atoms with Gasteiger partial charge in [0.2, 0.25) is 0 Å². The van der Waals surface area contributed by atoms with E-state index in [0.29, 0.717) is 10.8 Å². The van der Waals surface area contributed by atoms with Gasteiger partial charge in [-0.05, 0) is 48.6 Å². The van der Waals surface area contributed by atoms with Gasteiger partial charge in [0.25, 0.3) is 0 Å². The summed E-state index contributed by atoms with van der Waals surface area (Å²) >= 11 is 0. The molecular formula is C17H26O. The molecule has 1 fully saturated rings. The Kier molecular flexibility index (Phi) is 3.70. The maximum absolute atomic E-state index is 5.96. The number of benzene rings is 1. The van der Waals surface area contributed by atoms with Crippen LogP contribution in [0.3, 0.4) is 0 Å². The molecule has 0 spiro atoms. The first-order valence-corrected chi connectivity index (χ1v) is 7.13. The molecule has 1 atom stereocenters. The molecule has 0 N–H and O–H groups in total. The van der Waals surface area contributed by atoms with Crippen LogP contribution in [0, 0.1) is 17.8 Å². The van der Waals surface area contributed by atoms with Crippen LogP contribution in [0.1, 0.15) is 52.0 Å². The van der Waals surface area contributed by atoms with Crippen molar-refractivity contribution in [2.75, 3.05) is 6.61 Å². The van der Waals surface area contributed by atoms with E-state index < -0.39 is 0 Å². The van der Waals surface area contributed by atoms with Crippen LogP contribution >= 0.6 is 0 Å². The summed E-state index contributed by atoms with van der Waals surface area (Å²) in [5.41, 5.74) is 2.13. The van der Waals surface area contributed by atoms with Gasteiger partial charge in [-0.2, -0.15) is 0 Å². The third-order valence-corrected chi connectivity index (χ3v) is 5.17. The second-order valence-corrected chi connectivity index (χ2v) is 6.66. The highest BCUT2D eigenvalue weighted by Crippen LogP contribution is 2.54. The molecule has 1 nitrogen and oxygen atoms in total. The number of aryl methyl sites for hydroxylation is 1. The molecule has 0 saturated heterocycles. The third-order valence-electron chi connectivity index (χ3n) is 5.17. The maximum atomic E-state index is 5.96. The Bertz CT molecular complexity index is 408. The first-order valence-electron chi connectivity index (χ1n) is 7.13. The fourth-order valence-corrected chi connectivity index (χ4v) is 3.13. The zero-order valence-corrected chi connectivity index (χ0v) is 12.3. The molecule has 1 aromatic carbocycles. The van der Waals surface area contributed by atoms with E-state index in [0.717, 1.165) is 18.8 Å². The summed E-state index contributed by atoms with van der Waals surface area (Å²) in [6.07, 6.45) is 5.23. The van der Waals surface area contributed by atoms with Crippen LogP contribution in [0.15, 0.2) is 24.3 Å². The van der Waals surface area contributed by atoms with E-state index in [1.54, 1.807) is 0 Å². The largest absolute Gasteiger partial charge is 0.493 e. The first kappa shape index (κ1) is 13.5. The van der Waals surface area contributed by atoms with Crippen LogP contribution in [-0.4, -0.2) is 6.61 Å². The molecule has 1 heteroatoms. The van der Waals surface area contributed by atoms with Gasteiger partial charge in [-0.3, -0.25) is 0 Å². The molecule has 2 rings (SSSR count). The molecule has 0 amide bonds. The Hall–Kier alpha value is -0.980. The SMILES string of the molecule is Cc1ccccc1OCC[C@]1(C)CCCC1(C)C. The second-order valence-electron chi connectivity index (χ2n) is 6.66. The van der Waals surface area contributed by atoms with E-state index in [1.807, 2.05) is 6.07 Å². The quantitative estimate of drug-likeness (QED) is 0.728. The predicted molar refractivity (Wildman–Crippen MR) is 77.0 cm³/mol. The van der Waals surface area contributed by atoms with E-state index in [-0.39, 0.29) is 0 Å². The van der Waals surface area contributed by atoms with Crippen molar-refractivity contribution < 1.29 is 4.74 Å². The number of rotatable bonds is 4. The molecule has 1 aliphatic rings. The van der Waals surface area contributed by atoms with Gasteiger partial charge < -0.3 is 4.74 Å². The van der Waals surface area contributed by atoms with Crippen molar-refractivity contribution in [1.29, 1.82) is 0 Å². The van der Waals surface area contributed by atoms with Crippen molar-refractivity contribution in [3.63, 3.8) is 0 Å². The predicted octanol–water partition coefficient (Wildman–Crippen LogP) is 4.98. The maximum Gasteiger partial charge on any atom is 0.122 e. The van der Waals surface area contributed by atoms with Crippen molar-refractivity contribution in [3.05, 3.63) is 29.8 Å². The van der Waals surface area contributed by atoms with Crippen LogP contribution in [-0.2, 0) is 0 Å². The Morgan fingerprint density at radius 2 is 1.83 bits per heavy atom. The summed E-state index contributed by atoms with van der Waals surface area (Å²) in [5.74, 6) is 1.04. The molecule has 0 unspecified atom stereocenters. The minimum Gasteiger partial charge on any atom is -0.493 e. The summed E-state index contributed by atoms with van der Waals surface area (Å²) in [6.45, 7) is 10.2. The Balaban J connectivity index is 1.91. The van der Waals surface area contributed by atoms with E-state index in [9.17, 15) is 0 Å². The van der Waals surface area contributed by atoms with Gasteiger partial charge in [0.1, 0.15) is 5.75 Å². The minimum atomic E-state index is 0.440. The average molecular weight is 246 g/mol. The van der Waals surface area contributed by atoms with Gasteiger partial charge in [-0.25, -0.2) is 0 Å². The van der Waals surface area contributed by atoms with Crippen LogP contribution in [0.4, 0.5) is 0 Å². The molecule has 1 aliphatic carbocycles. The normalized spacial score (nSPS) is 26.2. The molecular weight excluding hydrogens is 220 g/mol. The fourth-order valence-electron chi connectivity index (χ4n) is 3.13. The lowest BCUT2D eigenvalue weighted by molar-refractivity contribution is 0.0955. The van der Waals surface area contributed by atoms with Crippen molar-refractivity contribution in [2.24, 2.45) is 10.8 Å². The minimum absolute atomic E-state index is 0.440. The summed E-state index contributed by atoms with van der Waals surface area (Å²) in [4.78, 5) is 0. The number of ether oxygens (including phenoxy) is 1. The zero-order chi connectivity index (χ0) is 13.2. The molecule has 1 aromatic rings. The molecule has 100 valence electrons. The summed E-state index contributed by atoms with van der Waals surface area (Å²) < 4.78 is 5.96. The summed E-state index contributed by atoms with van der Waals surface area (Å²) in [7, 11) is 0. The Morgan fingerprint density at radius 3 is 2.44 bits per heavy atom. The summed E-state index contributed by atoms with van der Waals surface area (Å²) in [6, 6.07) is 8.28. The lowest BCUT2D eigenvalue weighted by Crippen LogP contribution is -2.31. The first-order chi connectivity index (χ1) is 8.45. The van der Waals surface area contributed by atoms with E-state index in [1.165, 1.54) is 24.8 Å². The number of hydrogen-bond acceptors (Lipinski definition) is 1. The third kappa shape index (κ3) is 2.55. The van der Waals surface area contributed by atoms with Gasteiger partial charge in [-0.15, -0.1) is 0 Å². The highest BCUT2D eigenvalue weighted by molar-refractivity contribution is 5.31. The van der Waals surface area contributed by atoms with Crippen molar-refractivity contribution >= 4 is 0 Å². The van der Waals surface area contributed by atoms with E-state index in [4.69, 9.17) is 4.74 Å². The standard InChI is InChI=1S/C17H26O/c1-14-8-5-6-9-15(14)18-13-12-17(4)11-7-10-16(17,2)3/h5-6,8-9H,7,10-13H2,1-4H3/t17-/m0/s1. The van der Waals surface area contributed by atoms with Crippen molar-refractivity contribution in [1.82, 2.24) is 0 Å². The fraction of sp³-hybridized carbons (Fsp3) is 0.647. The molecule has 0 aromatic heterocycles. The van der Waals surface area contributed by atoms with Gasteiger partial charge >= 0.3 is 0 Å². The molecule has 0 aliphatic heterocycles. The highest BCUT2D eigenvalue weighted by Gasteiger charge is 2.44. The van der Waals surface area contributed by atoms with Gasteiger partial charge in [0.05, 0.1) is 6.61 Å². The number of para-hydroxylation sites is 1. The van der Waals surface area contributed by atoms with Crippen molar-refractivity contribution in [2.45, 2.75) is 53.4 Å². The van der Waals surface area contributed by atoms with E-state index in [2.05, 4.69) is 45.9 Å². The monoisotopic (exact) mass is 246 g/mol. The molecule has 0 bridgehead atoms. The van der Waals surface area contributed by atoms with E-state index >= 15 is 0 Å². The Labute approximate surface area is 112 Å². The summed E-state index contributed by atoms with van der Waals surface area (Å²) in [5, 5.41) is 0. The van der Waals surface area contributed by atoms with Gasteiger partial charge in [0.15, 0.2) is 0 Å². The topological polar surface area (TPSA) is 9.23 Å². The second kappa shape index (κ2) is 4.95. The molecule has 18 heavy (non-hydrogen) atoms. The van der Waals surface area contributed by atoms with Gasteiger partial charge in [-0.1, -0.05) is 45.4 Å². The number of hydrogen-bond donors (Lipinski definition) is 0. The van der Waals surface area contributed by atoms with Crippen LogP contribution in [0.2, 0.25) is 0 Å². The van der Waals surface area contributed by atoms with Crippen LogP contribution in [0.25, 0.3) is 0 Å².